The second-order valence-corrected chi connectivity index (χ2v) is 3.65. The van der Waals surface area contributed by atoms with E-state index in [-0.39, 0.29) is 11.5 Å². The van der Waals surface area contributed by atoms with Gasteiger partial charge in [0.2, 0.25) is 5.91 Å². The van der Waals surface area contributed by atoms with Crippen LogP contribution in [0.4, 0.5) is 10.1 Å². The highest BCUT2D eigenvalue weighted by molar-refractivity contribution is 7.99. The molecule has 1 N–H and O–H groups in total. The maximum Gasteiger partial charge on any atom is 0.234 e. The molecule has 0 aromatic heterocycles. The molecule has 0 saturated carbocycles. The number of nitriles is 1. The van der Waals surface area contributed by atoms with Gasteiger partial charge in [-0.15, -0.1) is 0 Å². The first kappa shape index (κ1) is 11.5. The van der Waals surface area contributed by atoms with Gasteiger partial charge in [0.05, 0.1) is 11.3 Å². The Balaban J connectivity index is 2.80. The van der Waals surface area contributed by atoms with E-state index in [1.165, 1.54) is 23.9 Å². The summed E-state index contributed by atoms with van der Waals surface area (Å²) in [5.74, 6) is -0.419. The summed E-state index contributed by atoms with van der Waals surface area (Å²) in [4.78, 5) is 11.2. The molecule has 0 radical (unpaired) electrons. The van der Waals surface area contributed by atoms with E-state index in [4.69, 9.17) is 5.26 Å². The Labute approximate surface area is 91.3 Å². The molecule has 0 atom stereocenters. The van der Waals surface area contributed by atoms with Crippen LogP contribution in [0.1, 0.15) is 5.56 Å². The lowest BCUT2D eigenvalue weighted by atomic mass is 10.2. The molecule has 0 fully saturated rings. The van der Waals surface area contributed by atoms with E-state index in [2.05, 4.69) is 5.32 Å². The predicted molar refractivity (Wildman–Crippen MR) is 58.1 cm³/mol. The van der Waals surface area contributed by atoms with E-state index >= 15 is 0 Å². The number of hydrogen-bond acceptors (Lipinski definition) is 3. The number of nitrogens with one attached hydrogen (secondary N) is 1. The lowest BCUT2D eigenvalue weighted by Crippen LogP contribution is -2.13. The molecule has 78 valence electrons. The summed E-state index contributed by atoms with van der Waals surface area (Å²) in [6.45, 7) is 0. The number of benzene rings is 1. The topological polar surface area (TPSA) is 52.9 Å². The van der Waals surface area contributed by atoms with Crippen molar-refractivity contribution in [3.63, 3.8) is 0 Å². The number of halogens is 1. The Morgan fingerprint density at radius 2 is 2.40 bits per heavy atom. The van der Waals surface area contributed by atoms with Crippen LogP contribution in [0.3, 0.4) is 0 Å². The number of carbonyl (C=O) groups is 1. The molecule has 0 unspecified atom stereocenters. The van der Waals surface area contributed by atoms with Crippen molar-refractivity contribution in [3.8, 4) is 6.07 Å². The second-order valence-electron chi connectivity index (χ2n) is 2.79. The van der Waals surface area contributed by atoms with Crippen LogP contribution in [-0.4, -0.2) is 17.9 Å². The highest BCUT2D eigenvalue weighted by Crippen LogP contribution is 2.14. The molecule has 15 heavy (non-hydrogen) atoms. The number of thioether (sulfide) groups is 1. The molecule has 3 nitrogen and oxygen atoms in total. The monoisotopic (exact) mass is 224 g/mol. The predicted octanol–water partition coefficient (Wildman–Crippen LogP) is 2.00. The van der Waals surface area contributed by atoms with Gasteiger partial charge in [-0.1, -0.05) is 0 Å². The molecular formula is C10H9FN2OS. The van der Waals surface area contributed by atoms with E-state index in [9.17, 15) is 9.18 Å². The van der Waals surface area contributed by atoms with Crippen LogP contribution in [0.25, 0.3) is 0 Å². The largest absolute Gasteiger partial charge is 0.325 e. The molecule has 0 aliphatic carbocycles. The van der Waals surface area contributed by atoms with Gasteiger partial charge in [0, 0.05) is 5.69 Å². The molecular weight excluding hydrogens is 215 g/mol. The van der Waals surface area contributed by atoms with Crippen LogP contribution in [0.5, 0.6) is 0 Å². The van der Waals surface area contributed by atoms with Crippen molar-refractivity contribution < 1.29 is 9.18 Å². The Morgan fingerprint density at radius 1 is 1.67 bits per heavy atom. The maximum atomic E-state index is 12.9. The quantitative estimate of drug-likeness (QED) is 0.854. The standard InChI is InChI=1S/C10H9FN2OS/c1-15-6-10(14)13-8-2-3-9(11)7(4-8)5-12/h2-4H,6H2,1H3,(H,13,14). The number of rotatable bonds is 3. The van der Waals surface area contributed by atoms with Gasteiger partial charge in [-0.2, -0.15) is 17.0 Å². The van der Waals surface area contributed by atoms with Crippen LogP contribution in [0, 0.1) is 17.1 Å². The summed E-state index contributed by atoms with van der Waals surface area (Å²) in [7, 11) is 0. The van der Waals surface area contributed by atoms with Crippen LogP contribution in [0.2, 0.25) is 0 Å². The fourth-order valence-electron chi connectivity index (χ4n) is 1.02. The van der Waals surface area contributed by atoms with E-state index in [1.54, 1.807) is 6.07 Å². The molecule has 0 spiro atoms. The van der Waals surface area contributed by atoms with Crippen LogP contribution in [0.15, 0.2) is 18.2 Å². The number of nitrogens with zero attached hydrogens (tertiary/aromatic N) is 1. The molecule has 1 aromatic carbocycles. The summed E-state index contributed by atoms with van der Waals surface area (Å²) in [5.41, 5.74) is 0.365. The van der Waals surface area contributed by atoms with E-state index in [1.807, 2.05) is 6.26 Å². The summed E-state index contributed by atoms with van der Waals surface area (Å²) in [5, 5.41) is 11.1. The number of hydrogen-bond donors (Lipinski definition) is 1. The van der Waals surface area contributed by atoms with Crippen molar-refractivity contribution in [2.24, 2.45) is 0 Å². The van der Waals surface area contributed by atoms with E-state index in [0.717, 1.165) is 6.07 Å². The summed E-state index contributed by atoms with van der Waals surface area (Å²) in [6.07, 6.45) is 1.81. The average molecular weight is 224 g/mol. The second kappa shape index (κ2) is 5.37. The van der Waals surface area contributed by atoms with Gasteiger partial charge >= 0.3 is 0 Å². The lowest BCUT2D eigenvalue weighted by Gasteiger charge is -2.04. The number of anilines is 1. The lowest BCUT2D eigenvalue weighted by molar-refractivity contribution is -0.113. The average Bonchev–Trinajstić information content (AvgIpc) is 2.21. The molecule has 0 saturated heterocycles. The molecule has 1 aromatic rings. The Morgan fingerprint density at radius 3 is 3.00 bits per heavy atom. The zero-order valence-electron chi connectivity index (χ0n) is 8.08. The van der Waals surface area contributed by atoms with Crippen LogP contribution in [-0.2, 0) is 4.79 Å². The Hall–Kier alpha value is -1.54. The molecule has 5 heteroatoms. The fourth-order valence-corrected chi connectivity index (χ4v) is 1.35. The fraction of sp³-hybridized carbons (Fsp3) is 0.200. The maximum absolute atomic E-state index is 12.9. The van der Waals surface area contributed by atoms with Crippen molar-refractivity contribution in [1.29, 1.82) is 5.26 Å². The smallest absolute Gasteiger partial charge is 0.234 e. The summed E-state index contributed by atoms with van der Waals surface area (Å²) >= 11 is 1.39. The summed E-state index contributed by atoms with van der Waals surface area (Å²) in [6, 6.07) is 5.61. The molecule has 1 amide bonds. The Kier molecular flexibility index (Phi) is 4.13. The molecule has 0 aliphatic rings. The van der Waals surface area contributed by atoms with E-state index in [0.29, 0.717) is 11.4 Å². The van der Waals surface area contributed by atoms with Gasteiger partial charge in [0.25, 0.3) is 0 Å². The third-order valence-corrected chi connectivity index (χ3v) is 2.20. The minimum atomic E-state index is -0.583. The first-order chi connectivity index (χ1) is 7.17. The minimum absolute atomic E-state index is 0.0723. The van der Waals surface area contributed by atoms with Crippen LogP contribution < -0.4 is 5.32 Å². The highest BCUT2D eigenvalue weighted by Gasteiger charge is 2.05. The molecule has 0 bridgehead atoms. The van der Waals surface area contributed by atoms with Crippen LogP contribution >= 0.6 is 11.8 Å². The van der Waals surface area contributed by atoms with Crippen molar-refractivity contribution in [1.82, 2.24) is 0 Å². The van der Waals surface area contributed by atoms with Gasteiger partial charge in [-0.3, -0.25) is 4.79 Å². The summed E-state index contributed by atoms with van der Waals surface area (Å²) < 4.78 is 12.9. The van der Waals surface area contributed by atoms with Gasteiger partial charge < -0.3 is 5.32 Å². The highest BCUT2D eigenvalue weighted by atomic mass is 32.2. The molecule has 0 aliphatic heterocycles. The first-order valence-corrected chi connectivity index (χ1v) is 5.55. The van der Waals surface area contributed by atoms with Gasteiger partial charge in [0.1, 0.15) is 11.9 Å². The zero-order chi connectivity index (χ0) is 11.3. The molecule has 0 heterocycles. The third-order valence-electron chi connectivity index (χ3n) is 1.65. The normalized spacial score (nSPS) is 9.40. The van der Waals surface area contributed by atoms with Crippen molar-refractivity contribution >= 4 is 23.4 Å². The van der Waals surface area contributed by atoms with Crippen molar-refractivity contribution in [3.05, 3.63) is 29.6 Å². The van der Waals surface area contributed by atoms with Gasteiger partial charge in [-0.25, -0.2) is 4.39 Å². The Bertz CT molecular complexity index is 414. The number of amides is 1. The number of carbonyl (C=O) groups excluding carboxylic acids is 1. The van der Waals surface area contributed by atoms with Gasteiger partial charge in [0.15, 0.2) is 0 Å². The SMILES string of the molecule is CSCC(=O)Nc1ccc(F)c(C#N)c1. The minimum Gasteiger partial charge on any atom is -0.325 e. The zero-order valence-corrected chi connectivity index (χ0v) is 8.90. The molecule has 1 rings (SSSR count). The van der Waals surface area contributed by atoms with Gasteiger partial charge in [-0.05, 0) is 24.5 Å². The van der Waals surface area contributed by atoms with Crippen molar-refractivity contribution in [2.45, 2.75) is 0 Å². The third kappa shape index (κ3) is 3.26. The first-order valence-electron chi connectivity index (χ1n) is 4.16. The van der Waals surface area contributed by atoms with Crippen molar-refractivity contribution in [2.75, 3.05) is 17.3 Å². The van der Waals surface area contributed by atoms with E-state index < -0.39 is 5.82 Å².